The number of carbonyl (C=O) groups is 3. The Hall–Kier alpha value is -2.90. The van der Waals surface area contributed by atoms with Crippen molar-refractivity contribution < 1.29 is 50.9 Å². The molecule has 1 saturated heterocycles. The van der Waals surface area contributed by atoms with Gasteiger partial charge in [-0.2, -0.15) is 26.3 Å². The predicted molar refractivity (Wildman–Crippen MR) is 104 cm³/mol. The fourth-order valence-corrected chi connectivity index (χ4v) is 3.72. The zero-order valence-corrected chi connectivity index (χ0v) is 17.6. The summed E-state index contributed by atoms with van der Waals surface area (Å²) in [6.07, 6.45) is -3.20. The van der Waals surface area contributed by atoms with Crippen LogP contribution in [0.3, 0.4) is 0 Å². The van der Waals surface area contributed by atoms with Crippen molar-refractivity contribution in [3.8, 4) is 0 Å². The van der Waals surface area contributed by atoms with Gasteiger partial charge in [-0.15, -0.1) is 0 Å². The summed E-state index contributed by atoms with van der Waals surface area (Å²) in [6, 6.07) is 3.73. The van der Waals surface area contributed by atoms with Gasteiger partial charge in [0.25, 0.3) is 0 Å². The molecule has 1 amide bonds. The molecule has 2 saturated carbocycles. The second kappa shape index (κ2) is 11.0. The molecule has 4 rings (SSSR count). The summed E-state index contributed by atoms with van der Waals surface area (Å²) in [4.78, 5) is 36.4. The summed E-state index contributed by atoms with van der Waals surface area (Å²) in [5, 5.41) is 17.2. The molecule has 0 radical (unpaired) electrons. The summed E-state index contributed by atoms with van der Waals surface area (Å²) in [5.74, 6) is -2.19. The van der Waals surface area contributed by atoms with E-state index in [1.165, 1.54) is 32.5 Å². The molecule has 0 bridgehead atoms. The van der Waals surface area contributed by atoms with Crippen LogP contribution < -0.4 is 5.32 Å². The van der Waals surface area contributed by atoms with Crippen LogP contribution in [-0.4, -0.2) is 69.9 Å². The molecule has 3 atom stereocenters. The fraction of sp³-hybridized carbons (Fsp3) is 0.600. The first kappa shape index (κ1) is 27.3. The van der Waals surface area contributed by atoms with Gasteiger partial charge in [-0.1, -0.05) is 0 Å². The van der Waals surface area contributed by atoms with E-state index >= 15 is 0 Å². The standard InChI is InChI=1S/C16H21N3O.2C2HF3O2/c20-16(18-12-2-1-5-17-7-12)6-13-14-9-19(10-15(13)14)8-11-3-4-11;2*3-2(4,5)1(6)7/h1-2,5,7,11,13-15H,3-4,6,8-10H2,(H,18,20);2*(H,6,7)/t13?,14-,15+;;. The number of rotatable bonds is 5. The Morgan fingerprint density at radius 1 is 1.00 bits per heavy atom. The Morgan fingerprint density at radius 3 is 1.88 bits per heavy atom. The lowest BCUT2D eigenvalue weighted by Crippen LogP contribution is -2.27. The lowest BCUT2D eigenvalue weighted by atomic mass is 10.1. The van der Waals surface area contributed by atoms with E-state index in [1.807, 2.05) is 12.1 Å². The van der Waals surface area contributed by atoms with E-state index < -0.39 is 24.3 Å². The van der Waals surface area contributed by atoms with Gasteiger partial charge in [0.05, 0.1) is 11.9 Å². The maximum atomic E-state index is 12.0. The number of alkyl halides is 6. The van der Waals surface area contributed by atoms with Gasteiger partial charge in [-0.25, -0.2) is 9.59 Å². The average molecular weight is 499 g/mol. The lowest BCUT2D eigenvalue weighted by Gasteiger charge is -2.18. The van der Waals surface area contributed by atoms with Gasteiger partial charge < -0.3 is 20.4 Å². The molecule has 1 unspecified atom stereocenters. The number of hydrogen-bond donors (Lipinski definition) is 3. The molecule has 34 heavy (non-hydrogen) atoms. The molecule has 14 heteroatoms. The minimum Gasteiger partial charge on any atom is -0.475 e. The molecule has 8 nitrogen and oxygen atoms in total. The zero-order valence-electron chi connectivity index (χ0n) is 17.6. The maximum absolute atomic E-state index is 12.0. The van der Waals surface area contributed by atoms with Gasteiger partial charge in [0.15, 0.2) is 0 Å². The molecule has 1 aromatic heterocycles. The Bertz CT molecular complexity index is 824. The predicted octanol–water partition coefficient (Wildman–Crippen LogP) is 3.26. The number of nitrogens with zero attached hydrogens (tertiary/aromatic N) is 2. The van der Waals surface area contributed by atoms with Gasteiger partial charge in [0.2, 0.25) is 5.91 Å². The van der Waals surface area contributed by atoms with E-state index in [4.69, 9.17) is 19.8 Å². The third-order valence-corrected chi connectivity index (χ3v) is 5.51. The van der Waals surface area contributed by atoms with Crippen LogP contribution >= 0.6 is 0 Å². The van der Waals surface area contributed by atoms with Crippen LogP contribution in [0.2, 0.25) is 0 Å². The van der Waals surface area contributed by atoms with E-state index in [2.05, 4.69) is 15.2 Å². The Balaban J connectivity index is 0.000000244. The number of carboxylic acids is 2. The quantitative estimate of drug-likeness (QED) is 0.532. The summed E-state index contributed by atoms with van der Waals surface area (Å²) in [6.45, 7) is 3.76. The van der Waals surface area contributed by atoms with Crippen molar-refractivity contribution >= 4 is 23.5 Å². The van der Waals surface area contributed by atoms with Gasteiger partial charge in [-0.3, -0.25) is 9.78 Å². The maximum Gasteiger partial charge on any atom is 0.490 e. The Kier molecular flexibility index (Phi) is 8.86. The Labute approximate surface area is 189 Å². The van der Waals surface area contributed by atoms with E-state index in [1.54, 1.807) is 12.4 Å². The Morgan fingerprint density at radius 2 is 1.50 bits per heavy atom. The molecule has 3 N–H and O–H groups in total. The highest BCUT2D eigenvalue weighted by atomic mass is 19.4. The minimum absolute atomic E-state index is 0.145. The largest absolute Gasteiger partial charge is 0.490 e. The van der Waals surface area contributed by atoms with Crippen molar-refractivity contribution in [1.82, 2.24) is 9.88 Å². The third-order valence-electron chi connectivity index (χ3n) is 5.51. The van der Waals surface area contributed by atoms with Crippen molar-refractivity contribution in [2.24, 2.45) is 23.7 Å². The normalized spacial score (nSPS) is 23.4. The number of halogens is 6. The summed E-state index contributed by atoms with van der Waals surface area (Å²) in [7, 11) is 0. The van der Waals surface area contributed by atoms with Crippen molar-refractivity contribution in [1.29, 1.82) is 0 Å². The van der Waals surface area contributed by atoms with Gasteiger partial charge >= 0.3 is 24.3 Å². The van der Waals surface area contributed by atoms with Crippen molar-refractivity contribution in [3.63, 3.8) is 0 Å². The first-order valence-electron chi connectivity index (χ1n) is 10.2. The molecule has 1 aromatic rings. The van der Waals surface area contributed by atoms with Crippen molar-refractivity contribution in [2.75, 3.05) is 25.0 Å². The molecule has 3 aliphatic rings. The van der Waals surface area contributed by atoms with E-state index in [0.717, 1.165) is 23.4 Å². The van der Waals surface area contributed by atoms with Crippen molar-refractivity contribution in [3.05, 3.63) is 24.5 Å². The molecule has 0 spiro atoms. The first-order chi connectivity index (χ1) is 15.7. The van der Waals surface area contributed by atoms with Crippen LogP contribution in [0.4, 0.5) is 32.0 Å². The fourth-order valence-electron chi connectivity index (χ4n) is 3.72. The van der Waals surface area contributed by atoms with Gasteiger partial charge in [-0.05, 0) is 48.6 Å². The third kappa shape index (κ3) is 9.15. The summed E-state index contributed by atoms with van der Waals surface area (Å²) >= 11 is 0. The topological polar surface area (TPSA) is 120 Å². The second-order valence-corrected chi connectivity index (χ2v) is 8.25. The van der Waals surface area contributed by atoms with Gasteiger partial charge in [0.1, 0.15) is 0 Å². The summed E-state index contributed by atoms with van der Waals surface area (Å²) < 4.78 is 63.5. The van der Waals surface area contributed by atoms with Crippen LogP contribution in [0.5, 0.6) is 0 Å². The minimum atomic E-state index is -5.08. The summed E-state index contributed by atoms with van der Waals surface area (Å²) in [5.41, 5.74) is 0.804. The molecular formula is C20H23F6N3O5. The van der Waals surface area contributed by atoms with Crippen LogP contribution in [0, 0.1) is 23.7 Å². The second-order valence-electron chi connectivity index (χ2n) is 8.25. The molecule has 2 aliphatic carbocycles. The monoisotopic (exact) mass is 499 g/mol. The molecule has 2 heterocycles. The van der Waals surface area contributed by atoms with Crippen LogP contribution in [-0.2, 0) is 14.4 Å². The molecule has 3 fully saturated rings. The first-order valence-corrected chi connectivity index (χ1v) is 10.2. The van der Waals surface area contributed by atoms with Crippen LogP contribution in [0.25, 0.3) is 0 Å². The number of nitrogens with one attached hydrogen (secondary N) is 1. The number of aliphatic carboxylic acids is 2. The van der Waals surface area contributed by atoms with Crippen LogP contribution in [0.15, 0.2) is 24.5 Å². The SMILES string of the molecule is O=C(CC1[C@H]2CN(CC3CC3)C[C@@H]12)Nc1cccnc1.O=C(O)C(F)(F)F.O=C(O)C(F)(F)F. The van der Waals surface area contributed by atoms with Gasteiger partial charge in [0, 0.05) is 32.3 Å². The molecule has 190 valence electrons. The lowest BCUT2D eigenvalue weighted by molar-refractivity contribution is -0.193. The van der Waals surface area contributed by atoms with E-state index in [9.17, 15) is 31.1 Å². The highest BCUT2D eigenvalue weighted by molar-refractivity contribution is 5.90. The molecule has 0 aromatic carbocycles. The number of hydrogen-bond acceptors (Lipinski definition) is 5. The highest BCUT2D eigenvalue weighted by Gasteiger charge is 2.56. The number of carbonyl (C=O) groups excluding carboxylic acids is 1. The van der Waals surface area contributed by atoms with Crippen LogP contribution in [0.1, 0.15) is 19.3 Å². The number of aromatic nitrogens is 1. The highest BCUT2D eigenvalue weighted by Crippen LogP contribution is 2.54. The number of amides is 1. The number of piperidine rings is 1. The number of anilines is 1. The number of pyridine rings is 1. The number of fused-ring (bicyclic) bond motifs is 1. The number of likely N-dealkylation sites (tertiary alicyclic amines) is 1. The van der Waals surface area contributed by atoms with E-state index in [0.29, 0.717) is 12.3 Å². The van der Waals surface area contributed by atoms with E-state index in [-0.39, 0.29) is 5.91 Å². The molecule has 1 aliphatic heterocycles. The zero-order chi connectivity index (χ0) is 25.7. The number of carboxylic acid groups (broad SMARTS) is 2. The smallest absolute Gasteiger partial charge is 0.475 e. The van der Waals surface area contributed by atoms with Crippen molar-refractivity contribution in [2.45, 2.75) is 31.6 Å². The molecular weight excluding hydrogens is 476 g/mol. The average Bonchev–Trinajstić information content (AvgIpc) is 3.59.